The minimum absolute atomic E-state index is 0.319. The van der Waals surface area contributed by atoms with E-state index in [2.05, 4.69) is 17.8 Å². The first-order valence-corrected chi connectivity index (χ1v) is 8.28. The lowest BCUT2D eigenvalue weighted by molar-refractivity contribution is 0.0846. The number of hydrazine groups is 1. The molecule has 2 aromatic carbocycles. The number of carbonyl (C=O) groups is 2. The molecule has 0 saturated heterocycles. The third-order valence-corrected chi connectivity index (χ3v) is 3.95. The minimum atomic E-state index is -0.324. The molecule has 2 amide bonds. The topological polar surface area (TPSA) is 58.2 Å². The SMILES string of the molecule is CCCCc1ccc(C(=O)NNC(=O)c2ccc(C)cc2C)cc1. The molecule has 4 heteroatoms. The van der Waals surface area contributed by atoms with Crippen LogP contribution in [0.25, 0.3) is 0 Å². The summed E-state index contributed by atoms with van der Waals surface area (Å²) in [4.78, 5) is 24.3. The Hall–Kier alpha value is -2.62. The summed E-state index contributed by atoms with van der Waals surface area (Å²) in [6, 6.07) is 13.0. The molecule has 0 spiro atoms. The van der Waals surface area contributed by atoms with Crippen molar-refractivity contribution in [2.45, 2.75) is 40.0 Å². The molecule has 0 heterocycles. The van der Waals surface area contributed by atoms with E-state index in [1.54, 1.807) is 18.2 Å². The number of benzene rings is 2. The van der Waals surface area contributed by atoms with Crippen LogP contribution in [0.3, 0.4) is 0 Å². The summed E-state index contributed by atoms with van der Waals surface area (Å²) in [5.74, 6) is -0.643. The van der Waals surface area contributed by atoms with Crippen molar-refractivity contribution < 1.29 is 9.59 Å². The third kappa shape index (κ3) is 4.69. The van der Waals surface area contributed by atoms with E-state index in [0.717, 1.165) is 30.4 Å². The molecule has 0 fully saturated rings. The number of nitrogens with one attached hydrogen (secondary N) is 2. The fourth-order valence-corrected chi connectivity index (χ4v) is 2.53. The molecule has 4 nitrogen and oxygen atoms in total. The Morgan fingerprint density at radius 1 is 0.917 bits per heavy atom. The Balaban J connectivity index is 1.93. The Bertz CT molecular complexity index is 721. The van der Waals surface area contributed by atoms with E-state index in [1.165, 1.54) is 5.56 Å². The van der Waals surface area contributed by atoms with E-state index in [9.17, 15) is 9.59 Å². The van der Waals surface area contributed by atoms with Crippen LogP contribution in [-0.2, 0) is 6.42 Å². The largest absolute Gasteiger partial charge is 0.269 e. The average molecular weight is 324 g/mol. The fraction of sp³-hybridized carbons (Fsp3) is 0.300. The summed E-state index contributed by atoms with van der Waals surface area (Å²) in [6.45, 7) is 6.00. The van der Waals surface area contributed by atoms with Crippen molar-refractivity contribution in [2.75, 3.05) is 0 Å². The minimum Gasteiger partial charge on any atom is -0.267 e. The van der Waals surface area contributed by atoms with E-state index >= 15 is 0 Å². The van der Waals surface area contributed by atoms with Crippen LogP contribution in [0.2, 0.25) is 0 Å². The molecular formula is C20H24N2O2. The van der Waals surface area contributed by atoms with Crippen LogP contribution in [0.5, 0.6) is 0 Å². The van der Waals surface area contributed by atoms with Crippen LogP contribution in [0.15, 0.2) is 42.5 Å². The second-order valence-corrected chi connectivity index (χ2v) is 6.03. The maximum Gasteiger partial charge on any atom is 0.269 e. The van der Waals surface area contributed by atoms with Gasteiger partial charge in [-0.2, -0.15) is 0 Å². The number of unbranched alkanes of at least 4 members (excludes halogenated alkanes) is 1. The second kappa shape index (κ2) is 8.29. The van der Waals surface area contributed by atoms with Crippen molar-refractivity contribution in [2.24, 2.45) is 0 Å². The van der Waals surface area contributed by atoms with E-state index in [-0.39, 0.29) is 11.8 Å². The van der Waals surface area contributed by atoms with Gasteiger partial charge in [-0.05, 0) is 56.0 Å². The summed E-state index contributed by atoms with van der Waals surface area (Å²) < 4.78 is 0. The van der Waals surface area contributed by atoms with Crippen molar-refractivity contribution in [3.8, 4) is 0 Å². The molecule has 0 aliphatic carbocycles. The van der Waals surface area contributed by atoms with Gasteiger partial charge in [-0.1, -0.05) is 43.2 Å². The lowest BCUT2D eigenvalue weighted by Gasteiger charge is -2.10. The molecule has 0 aromatic heterocycles. The highest BCUT2D eigenvalue weighted by molar-refractivity contribution is 5.99. The quantitative estimate of drug-likeness (QED) is 0.824. The molecule has 2 aromatic rings. The van der Waals surface area contributed by atoms with Crippen LogP contribution < -0.4 is 10.9 Å². The summed E-state index contributed by atoms with van der Waals surface area (Å²) >= 11 is 0. The molecule has 0 bridgehead atoms. The first kappa shape index (κ1) is 17.7. The third-order valence-electron chi connectivity index (χ3n) is 3.95. The lowest BCUT2D eigenvalue weighted by Crippen LogP contribution is -2.41. The van der Waals surface area contributed by atoms with Gasteiger partial charge in [0.05, 0.1) is 0 Å². The molecule has 0 radical (unpaired) electrons. The number of hydrogen-bond donors (Lipinski definition) is 2. The van der Waals surface area contributed by atoms with Crippen LogP contribution in [0.4, 0.5) is 0 Å². The van der Waals surface area contributed by atoms with Gasteiger partial charge < -0.3 is 0 Å². The van der Waals surface area contributed by atoms with Crippen LogP contribution >= 0.6 is 0 Å². The normalized spacial score (nSPS) is 10.3. The standard InChI is InChI=1S/C20H24N2O2/c1-4-5-6-16-8-10-17(11-9-16)19(23)21-22-20(24)18-12-7-14(2)13-15(18)3/h7-13H,4-6H2,1-3H3,(H,21,23)(H,22,24). The molecule has 2 rings (SSSR count). The van der Waals surface area contributed by atoms with Crippen LogP contribution in [0.1, 0.15) is 57.2 Å². The zero-order chi connectivity index (χ0) is 17.5. The smallest absolute Gasteiger partial charge is 0.267 e. The van der Waals surface area contributed by atoms with Gasteiger partial charge in [0.2, 0.25) is 0 Å². The van der Waals surface area contributed by atoms with Gasteiger partial charge in [0.1, 0.15) is 0 Å². The van der Waals surface area contributed by atoms with Crippen LogP contribution in [0, 0.1) is 13.8 Å². The highest BCUT2D eigenvalue weighted by Crippen LogP contribution is 2.10. The monoisotopic (exact) mass is 324 g/mol. The Morgan fingerprint density at radius 2 is 1.58 bits per heavy atom. The lowest BCUT2D eigenvalue weighted by atomic mass is 10.1. The van der Waals surface area contributed by atoms with E-state index in [1.807, 2.05) is 38.1 Å². The van der Waals surface area contributed by atoms with Gasteiger partial charge in [0.25, 0.3) is 11.8 Å². The van der Waals surface area contributed by atoms with Gasteiger partial charge in [-0.25, -0.2) is 0 Å². The maximum atomic E-state index is 12.2. The predicted octanol–water partition coefficient (Wildman–Crippen LogP) is 3.72. The molecule has 0 aliphatic rings. The number of rotatable bonds is 5. The molecular weight excluding hydrogens is 300 g/mol. The maximum absolute atomic E-state index is 12.2. The van der Waals surface area contributed by atoms with Gasteiger partial charge in [0.15, 0.2) is 0 Å². The van der Waals surface area contributed by atoms with E-state index in [0.29, 0.717) is 11.1 Å². The highest BCUT2D eigenvalue weighted by atomic mass is 16.2. The molecule has 126 valence electrons. The van der Waals surface area contributed by atoms with Crippen molar-refractivity contribution in [3.63, 3.8) is 0 Å². The highest BCUT2D eigenvalue weighted by Gasteiger charge is 2.11. The van der Waals surface area contributed by atoms with Gasteiger partial charge in [-0.3, -0.25) is 20.4 Å². The van der Waals surface area contributed by atoms with Gasteiger partial charge >= 0.3 is 0 Å². The number of carbonyl (C=O) groups excluding carboxylic acids is 2. The Kier molecular flexibility index (Phi) is 6.13. The van der Waals surface area contributed by atoms with Gasteiger partial charge in [0, 0.05) is 11.1 Å². The molecule has 2 N–H and O–H groups in total. The summed E-state index contributed by atoms with van der Waals surface area (Å²) in [5, 5.41) is 0. The average Bonchev–Trinajstić information content (AvgIpc) is 2.58. The Morgan fingerprint density at radius 3 is 2.21 bits per heavy atom. The summed E-state index contributed by atoms with van der Waals surface area (Å²) in [6.07, 6.45) is 3.30. The predicted molar refractivity (Wildman–Crippen MR) is 95.9 cm³/mol. The molecule has 0 unspecified atom stereocenters. The number of amides is 2. The number of aryl methyl sites for hydroxylation is 3. The molecule has 0 aliphatic heterocycles. The summed E-state index contributed by atoms with van der Waals surface area (Å²) in [5.41, 5.74) is 9.19. The Labute approximate surface area is 143 Å². The van der Waals surface area contributed by atoms with Gasteiger partial charge in [-0.15, -0.1) is 0 Å². The fourth-order valence-electron chi connectivity index (χ4n) is 2.53. The zero-order valence-electron chi connectivity index (χ0n) is 14.5. The number of hydrogen-bond acceptors (Lipinski definition) is 2. The van der Waals surface area contributed by atoms with E-state index in [4.69, 9.17) is 0 Å². The van der Waals surface area contributed by atoms with Crippen LogP contribution in [-0.4, -0.2) is 11.8 Å². The van der Waals surface area contributed by atoms with E-state index < -0.39 is 0 Å². The zero-order valence-corrected chi connectivity index (χ0v) is 14.5. The molecule has 0 saturated carbocycles. The molecule has 24 heavy (non-hydrogen) atoms. The second-order valence-electron chi connectivity index (χ2n) is 6.03. The summed E-state index contributed by atoms with van der Waals surface area (Å²) in [7, 11) is 0. The van der Waals surface area contributed by atoms with Crippen molar-refractivity contribution >= 4 is 11.8 Å². The van der Waals surface area contributed by atoms with Crippen molar-refractivity contribution in [3.05, 3.63) is 70.3 Å². The first-order chi connectivity index (χ1) is 11.5. The molecule has 0 atom stereocenters. The van der Waals surface area contributed by atoms with Crippen molar-refractivity contribution in [1.29, 1.82) is 0 Å². The first-order valence-electron chi connectivity index (χ1n) is 8.28. The van der Waals surface area contributed by atoms with Crippen molar-refractivity contribution in [1.82, 2.24) is 10.9 Å².